The molecule has 1 aliphatic heterocycles. The summed E-state index contributed by atoms with van der Waals surface area (Å²) in [5.74, 6) is -1.15. The first-order valence-electron chi connectivity index (χ1n) is 9.68. The molecule has 8 nitrogen and oxygen atoms in total. The maximum absolute atomic E-state index is 12.8. The molecule has 1 aromatic rings. The van der Waals surface area contributed by atoms with Crippen LogP contribution in [0.5, 0.6) is 0 Å². The highest BCUT2D eigenvalue weighted by molar-refractivity contribution is 7.12. The molecule has 1 amide bonds. The Kier molecular flexibility index (Phi) is 11.0. The number of ether oxygens (including phenoxy) is 2. The zero-order chi connectivity index (χ0) is 21.4. The summed E-state index contributed by atoms with van der Waals surface area (Å²) in [6.07, 6.45) is 2.45. The first-order chi connectivity index (χ1) is 13.9. The van der Waals surface area contributed by atoms with Gasteiger partial charge in [-0.1, -0.05) is 6.07 Å². The second-order valence-electron chi connectivity index (χ2n) is 6.97. The molecule has 1 saturated heterocycles. The first-order valence-corrected chi connectivity index (χ1v) is 10.6. The van der Waals surface area contributed by atoms with Crippen LogP contribution < -0.4 is 5.32 Å². The van der Waals surface area contributed by atoms with E-state index in [1.165, 1.54) is 30.5 Å². The number of ketones is 1. The van der Waals surface area contributed by atoms with Gasteiger partial charge in [0.15, 0.2) is 5.78 Å². The fourth-order valence-corrected chi connectivity index (χ4v) is 4.17. The topological polar surface area (TPSA) is 102 Å². The average Bonchev–Trinajstić information content (AvgIpc) is 3.43. The number of thiophene rings is 1. The van der Waals surface area contributed by atoms with Crippen molar-refractivity contribution in [1.82, 2.24) is 10.2 Å². The number of likely N-dealkylation sites (tertiary alicyclic amines) is 1. The normalized spacial score (nSPS) is 17.6. The zero-order valence-electron chi connectivity index (χ0n) is 17.4. The third-order valence-corrected chi connectivity index (χ3v) is 5.92. The molecule has 1 aliphatic rings. The molecule has 0 aromatic carbocycles. The number of nitrogens with zero attached hydrogens (tertiary/aromatic N) is 1. The summed E-state index contributed by atoms with van der Waals surface area (Å²) < 4.78 is 9.62. The minimum absolute atomic E-state index is 0. The van der Waals surface area contributed by atoms with Crippen LogP contribution >= 0.6 is 23.7 Å². The van der Waals surface area contributed by atoms with Crippen molar-refractivity contribution in [2.24, 2.45) is 0 Å². The molecular weight excluding hydrogens is 432 g/mol. The second kappa shape index (κ2) is 12.7. The number of hydrogen-bond acceptors (Lipinski definition) is 8. The van der Waals surface area contributed by atoms with Crippen LogP contribution in [0.3, 0.4) is 0 Å². The van der Waals surface area contributed by atoms with E-state index in [1.54, 1.807) is 13.0 Å². The molecule has 0 bridgehead atoms. The van der Waals surface area contributed by atoms with E-state index in [4.69, 9.17) is 9.47 Å². The van der Waals surface area contributed by atoms with Crippen LogP contribution in [0, 0.1) is 0 Å². The Labute approximate surface area is 186 Å². The van der Waals surface area contributed by atoms with Crippen LogP contribution in [0.1, 0.15) is 48.7 Å². The average molecular weight is 461 g/mol. The predicted molar refractivity (Wildman–Crippen MR) is 115 cm³/mol. The molecule has 168 valence electrons. The number of methoxy groups -OCH3 is 2. The Hall–Kier alpha value is -1.97. The molecule has 30 heavy (non-hydrogen) atoms. The summed E-state index contributed by atoms with van der Waals surface area (Å²) in [7, 11) is 2.59. The fraction of sp³-hybridized carbons (Fsp3) is 0.600. The van der Waals surface area contributed by atoms with E-state index in [2.05, 4.69) is 5.32 Å². The maximum atomic E-state index is 12.8. The molecule has 0 saturated carbocycles. The highest BCUT2D eigenvalue weighted by atomic mass is 35.5. The molecule has 1 N–H and O–H groups in total. The minimum atomic E-state index is -0.714. The van der Waals surface area contributed by atoms with E-state index in [1.807, 2.05) is 11.4 Å². The van der Waals surface area contributed by atoms with Crippen molar-refractivity contribution in [1.29, 1.82) is 0 Å². The molecule has 3 atom stereocenters. The number of rotatable bonds is 10. The van der Waals surface area contributed by atoms with E-state index in [0.717, 1.165) is 6.42 Å². The monoisotopic (exact) mass is 460 g/mol. The molecule has 0 radical (unpaired) electrons. The van der Waals surface area contributed by atoms with Gasteiger partial charge in [0.1, 0.15) is 12.1 Å². The Balaban J connectivity index is 0.00000450. The second-order valence-corrected chi connectivity index (χ2v) is 7.92. The lowest BCUT2D eigenvalue weighted by Gasteiger charge is -2.28. The van der Waals surface area contributed by atoms with Gasteiger partial charge >= 0.3 is 11.9 Å². The summed E-state index contributed by atoms with van der Waals surface area (Å²) in [6.45, 7) is 2.13. The summed E-state index contributed by atoms with van der Waals surface area (Å²) in [6, 6.07) is 1.62. The van der Waals surface area contributed by atoms with Crippen molar-refractivity contribution in [3.63, 3.8) is 0 Å². The third-order valence-electron chi connectivity index (χ3n) is 5.01. The van der Waals surface area contributed by atoms with Gasteiger partial charge in [0.2, 0.25) is 5.91 Å². The SMILES string of the molecule is COC(=O)C(CCCC(=O)c1cccs1)N[C@@H](C)C(=O)N1CCC[C@H]1C(=O)OC.Cl. The molecule has 1 aromatic heterocycles. The van der Waals surface area contributed by atoms with Crippen LogP contribution in [-0.2, 0) is 23.9 Å². The number of carbonyl (C=O) groups excluding carboxylic acids is 4. The molecule has 10 heteroatoms. The fourth-order valence-electron chi connectivity index (χ4n) is 3.47. The number of nitrogens with one attached hydrogen (secondary N) is 1. The van der Waals surface area contributed by atoms with Crippen molar-refractivity contribution < 1.29 is 28.7 Å². The number of carbonyl (C=O) groups is 4. The van der Waals surface area contributed by atoms with Gasteiger partial charge in [0.05, 0.1) is 25.1 Å². The quantitative estimate of drug-likeness (QED) is 0.421. The molecule has 2 heterocycles. The van der Waals surface area contributed by atoms with Gasteiger partial charge in [-0.3, -0.25) is 19.7 Å². The Bertz CT molecular complexity index is 727. The van der Waals surface area contributed by atoms with Gasteiger partial charge in [-0.15, -0.1) is 23.7 Å². The predicted octanol–water partition coefficient (Wildman–Crippen LogP) is 2.21. The van der Waals surface area contributed by atoms with Crippen molar-refractivity contribution in [2.45, 2.75) is 57.2 Å². The highest BCUT2D eigenvalue weighted by Crippen LogP contribution is 2.20. The molecular formula is C20H29ClN2O6S. The lowest BCUT2D eigenvalue weighted by atomic mass is 10.1. The van der Waals surface area contributed by atoms with Crippen LogP contribution in [0.25, 0.3) is 0 Å². The van der Waals surface area contributed by atoms with E-state index in [9.17, 15) is 19.2 Å². The van der Waals surface area contributed by atoms with Crippen molar-refractivity contribution in [2.75, 3.05) is 20.8 Å². The molecule has 2 rings (SSSR count). The number of Topliss-reactive ketones (excluding diaryl/α,β-unsaturated/α-hetero) is 1. The van der Waals surface area contributed by atoms with E-state index >= 15 is 0 Å². The minimum Gasteiger partial charge on any atom is -0.468 e. The van der Waals surface area contributed by atoms with Gasteiger partial charge in [-0.05, 0) is 44.1 Å². The highest BCUT2D eigenvalue weighted by Gasteiger charge is 2.37. The lowest BCUT2D eigenvalue weighted by Crippen LogP contribution is -2.53. The maximum Gasteiger partial charge on any atom is 0.328 e. The van der Waals surface area contributed by atoms with Crippen molar-refractivity contribution in [3.8, 4) is 0 Å². The van der Waals surface area contributed by atoms with Crippen LogP contribution in [0.4, 0.5) is 0 Å². The zero-order valence-corrected chi connectivity index (χ0v) is 19.1. The summed E-state index contributed by atoms with van der Waals surface area (Å²) >= 11 is 1.39. The molecule has 1 fully saturated rings. The summed E-state index contributed by atoms with van der Waals surface area (Å²) in [4.78, 5) is 51.2. The third kappa shape index (κ3) is 6.78. The molecule has 0 spiro atoms. The standard InChI is InChI=1S/C20H28N2O6S.ClH/c1-13(18(24)22-11-5-8-15(22)20(26)28-3)21-14(19(25)27-2)7-4-9-16(23)17-10-6-12-29-17;/h6,10,12-15,21H,4-5,7-9,11H2,1-3H3;1H/t13-,14?,15-;/m0./s1. The number of hydrogen-bond donors (Lipinski definition) is 1. The van der Waals surface area contributed by atoms with Crippen molar-refractivity contribution in [3.05, 3.63) is 22.4 Å². The van der Waals surface area contributed by atoms with Gasteiger partial charge in [0, 0.05) is 13.0 Å². The Morgan fingerprint density at radius 2 is 2.00 bits per heavy atom. The van der Waals surface area contributed by atoms with Gasteiger partial charge in [-0.25, -0.2) is 4.79 Å². The van der Waals surface area contributed by atoms with E-state index in [-0.39, 0.29) is 24.1 Å². The Morgan fingerprint density at radius 3 is 2.60 bits per heavy atom. The van der Waals surface area contributed by atoms with E-state index in [0.29, 0.717) is 37.1 Å². The molecule has 0 aliphatic carbocycles. The smallest absolute Gasteiger partial charge is 0.328 e. The molecule has 1 unspecified atom stereocenters. The lowest BCUT2D eigenvalue weighted by molar-refractivity contribution is -0.152. The largest absolute Gasteiger partial charge is 0.468 e. The van der Waals surface area contributed by atoms with Gasteiger partial charge in [-0.2, -0.15) is 0 Å². The van der Waals surface area contributed by atoms with Gasteiger partial charge < -0.3 is 14.4 Å². The number of halogens is 1. The number of esters is 2. The van der Waals surface area contributed by atoms with Crippen LogP contribution in [0.2, 0.25) is 0 Å². The summed E-state index contributed by atoms with van der Waals surface area (Å²) in [5.41, 5.74) is 0. The van der Waals surface area contributed by atoms with E-state index < -0.39 is 30.1 Å². The number of amides is 1. The summed E-state index contributed by atoms with van der Waals surface area (Å²) in [5, 5.41) is 4.85. The van der Waals surface area contributed by atoms with Crippen molar-refractivity contribution >= 4 is 47.4 Å². The first kappa shape index (κ1) is 26.1. The Morgan fingerprint density at radius 1 is 1.27 bits per heavy atom. The van der Waals surface area contributed by atoms with Crippen LogP contribution in [-0.4, -0.2) is 67.4 Å². The van der Waals surface area contributed by atoms with Crippen LogP contribution in [0.15, 0.2) is 17.5 Å². The van der Waals surface area contributed by atoms with Gasteiger partial charge in [0.25, 0.3) is 0 Å².